The van der Waals surface area contributed by atoms with Gasteiger partial charge in [0, 0.05) is 17.6 Å². The van der Waals surface area contributed by atoms with Gasteiger partial charge in [-0.25, -0.2) is 4.98 Å². The second-order valence-electron chi connectivity index (χ2n) is 3.75. The number of aromatic nitrogens is 2. The van der Waals surface area contributed by atoms with E-state index in [4.69, 9.17) is 20.9 Å². The summed E-state index contributed by atoms with van der Waals surface area (Å²) in [5.41, 5.74) is 0. The summed E-state index contributed by atoms with van der Waals surface area (Å²) < 4.78 is 10.6. The summed E-state index contributed by atoms with van der Waals surface area (Å²) in [7, 11) is 0. The van der Waals surface area contributed by atoms with Gasteiger partial charge in [-0.1, -0.05) is 16.8 Å². The molecule has 0 N–H and O–H groups in total. The van der Waals surface area contributed by atoms with E-state index in [0.29, 0.717) is 17.5 Å². The Labute approximate surface area is 108 Å². The smallest absolute Gasteiger partial charge is 0.174 e. The zero-order valence-electron chi connectivity index (χ0n) is 9.34. The van der Waals surface area contributed by atoms with Gasteiger partial charge in [-0.15, -0.1) is 0 Å². The largest absolute Gasteiger partial charge is 0.486 e. The number of rotatable bonds is 3. The van der Waals surface area contributed by atoms with Crippen LogP contribution in [0.15, 0.2) is 47.2 Å². The predicted octanol–water partition coefficient (Wildman–Crippen LogP) is 3.46. The first-order valence-corrected chi connectivity index (χ1v) is 5.77. The molecule has 3 aromatic rings. The Morgan fingerprint density at radius 2 is 2.11 bits per heavy atom. The lowest BCUT2D eigenvalue weighted by Gasteiger charge is -2.05. The minimum Gasteiger partial charge on any atom is -0.486 e. The second kappa shape index (κ2) is 4.66. The van der Waals surface area contributed by atoms with Crippen molar-refractivity contribution in [3.05, 3.63) is 53.6 Å². The molecule has 0 aliphatic heterocycles. The highest BCUT2D eigenvalue weighted by molar-refractivity contribution is 6.34. The fourth-order valence-corrected chi connectivity index (χ4v) is 1.91. The predicted molar refractivity (Wildman–Crippen MR) is 67.6 cm³/mol. The van der Waals surface area contributed by atoms with Crippen LogP contribution in [0.1, 0.15) is 5.76 Å². The van der Waals surface area contributed by atoms with Crippen LogP contribution in [-0.4, -0.2) is 10.1 Å². The third-order valence-corrected chi connectivity index (χ3v) is 2.86. The normalized spacial score (nSPS) is 10.7. The lowest BCUT2D eigenvalue weighted by Crippen LogP contribution is -1.93. The van der Waals surface area contributed by atoms with Gasteiger partial charge in [0.05, 0.1) is 6.20 Å². The van der Waals surface area contributed by atoms with Crippen LogP contribution in [0.4, 0.5) is 0 Å². The molecule has 18 heavy (non-hydrogen) atoms. The van der Waals surface area contributed by atoms with Gasteiger partial charge in [0.2, 0.25) is 0 Å². The van der Waals surface area contributed by atoms with E-state index < -0.39 is 0 Å². The van der Waals surface area contributed by atoms with Crippen molar-refractivity contribution >= 4 is 22.4 Å². The van der Waals surface area contributed by atoms with Crippen LogP contribution in [0.3, 0.4) is 0 Å². The Morgan fingerprint density at radius 1 is 1.17 bits per heavy atom. The first-order chi connectivity index (χ1) is 8.83. The average Bonchev–Trinajstić information content (AvgIpc) is 2.90. The standard InChI is InChI=1S/C13H9ClN2O2/c14-13-12-2-1-10(7-9(12)3-5-15-13)17-8-11-4-6-16-18-11/h1-7H,8H2. The topological polar surface area (TPSA) is 48.2 Å². The van der Waals surface area contributed by atoms with Crippen LogP contribution < -0.4 is 4.74 Å². The highest BCUT2D eigenvalue weighted by Gasteiger charge is 2.03. The summed E-state index contributed by atoms with van der Waals surface area (Å²) in [4.78, 5) is 4.02. The van der Waals surface area contributed by atoms with E-state index in [1.165, 1.54) is 0 Å². The van der Waals surface area contributed by atoms with Gasteiger partial charge in [0.1, 0.15) is 17.5 Å². The zero-order valence-corrected chi connectivity index (χ0v) is 10.1. The molecule has 2 heterocycles. The second-order valence-corrected chi connectivity index (χ2v) is 4.11. The molecule has 0 fully saturated rings. The molecule has 1 aromatic carbocycles. The van der Waals surface area contributed by atoms with Crippen molar-refractivity contribution in [3.8, 4) is 5.75 Å². The third-order valence-electron chi connectivity index (χ3n) is 2.56. The maximum atomic E-state index is 5.99. The summed E-state index contributed by atoms with van der Waals surface area (Å²) in [6.07, 6.45) is 3.26. The summed E-state index contributed by atoms with van der Waals surface area (Å²) >= 11 is 5.99. The van der Waals surface area contributed by atoms with Crippen LogP contribution >= 0.6 is 11.6 Å². The summed E-state index contributed by atoms with van der Waals surface area (Å²) in [6, 6.07) is 9.32. The van der Waals surface area contributed by atoms with E-state index in [1.54, 1.807) is 18.5 Å². The molecule has 0 amide bonds. The Hall–Kier alpha value is -2.07. The molecule has 3 rings (SSSR count). The van der Waals surface area contributed by atoms with Crippen LogP contribution in [0.2, 0.25) is 5.15 Å². The minimum atomic E-state index is 0.352. The lowest BCUT2D eigenvalue weighted by atomic mass is 10.2. The van der Waals surface area contributed by atoms with Crippen LogP contribution in [-0.2, 0) is 6.61 Å². The van der Waals surface area contributed by atoms with Crippen molar-refractivity contribution < 1.29 is 9.26 Å². The van der Waals surface area contributed by atoms with Gasteiger partial charge >= 0.3 is 0 Å². The summed E-state index contributed by atoms with van der Waals surface area (Å²) in [6.45, 7) is 0.352. The zero-order chi connectivity index (χ0) is 12.4. The number of hydrogen-bond donors (Lipinski definition) is 0. The number of halogens is 1. The minimum absolute atomic E-state index is 0.352. The molecule has 4 nitrogen and oxygen atoms in total. The SMILES string of the molecule is Clc1nccc2cc(OCc3ccno3)ccc12. The Morgan fingerprint density at radius 3 is 2.94 bits per heavy atom. The fourth-order valence-electron chi connectivity index (χ4n) is 1.68. The molecule has 0 saturated carbocycles. The van der Waals surface area contributed by atoms with Gasteiger partial charge in [0.15, 0.2) is 5.76 Å². The number of fused-ring (bicyclic) bond motifs is 1. The van der Waals surface area contributed by atoms with Crippen molar-refractivity contribution in [2.75, 3.05) is 0 Å². The van der Waals surface area contributed by atoms with E-state index in [9.17, 15) is 0 Å². The molecule has 0 aliphatic carbocycles. The van der Waals surface area contributed by atoms with Gasteiger partial charge < -0.3 is 9.26 Å². The Kier molecular flexibility index (Phi) is 2.86. The lowest BCUT2D eigenvalue weighted by molar-refractivity contribution is 0.249. The average molecular weight is 261 g/mol. The van der Waals surface area contributed by atoms with E-state index in [0.717, 1.165) is 16.5 Å². The van der Waals surface area contributed by atoms with Crippen LogP contribution in [0, 0.1) is 0 Å². The molecule has 0 atom stereocenters. The first kappa shape index (κ1) is 11.0. The number of ether oxygens (including phenoxy) is 1. The van der Waals surface area contributed by atoms with Crippen molar-refractivity contribution in [1.82, 2.24) is 10.1 Å². The van der Waals surface area contributed by atoms with Crippen molar-refractivity contribution in [3.63, 3.8) is 0 Å². The van der Waals surface area contributed by atoms with Crippen molar-refractivity contribution in [2.24, 2.45) is 0 Å². The fraction of sp³-hybridized carbons (Fsp3) is 0.0769. The molecule has 0 saturated heterocycles. The molecular formula is C13H9ClN2O2. The van der Waals surface area contributed by atoms with Crippen molar-refractivity contribution in [1.29, 1.82) is 0 Å². The Balaban J connectivity index is 1.85. The maximum absolute atomic E-state index is 5.99. The first-order valence-electron chi connectivity index (χ1n) is 5.39. The highest BCUT2D eigenvalue weighted by Crippen LogP contribution is 2.25. The highest BCUT2D eigenvalue weighted by atomic mass is 35.5. The maximum Gasteiger partial charge on any atom is 0.174 e. The molecule has 90 valence electrons. The summed E-state index contributed by atoms with van der Waals surface area (Å²) in [5, 5.41) is 6.01. The molecular weight excluding hydrogens is 252 g/mol. The number of hydrogen-bond acceptors (Lipinski definition) is 4. The number of pyridine rings is 1. The molecule has 5 heteroatoms. The van der Waals surface area contributed by atoms with E-state index in [-0.39, 0.29) is 0 Å². The van der Waals surface area contributed by atoms with Crippen molar-refractivity contribution in [2.45, 2.75) is 6.61 Å². The number of nitrogens with zero attached hydrogens (tertiary/aromatic N) is 2. The molecule has 0 bridgehead atoms. The van der Waals surface area contributed by atoms with Gasteiger partial charge in [-0.2, -0.15) is 0 Å². The van der Waals surface area contributed by atoms with E-state index in [2.05, 4.69) is 10.1 Å². The quantitative estimate of drug-likeness (QED) is 0.677. The molecule has 0 aliphatic rings. The van der Waals surface area contributed by atoms with Gasteiger partial charge in [-0.3, -0.25) is 0 Å². The van der Waals surface area contributed by atoms with E-state index >= 15 is 0 Å². The molecule has 0 radical (unpaired) electrons. The Bertz CT molecular complexity index is 668. The van der Waals surface area contributed by atoms with E-state index in [1.807, 2.05) is 24.3 Å². The van der Waals surface area contributed by atoms with Gasteiger partial charge in [-0.05, 0) is 29.7 Å². The summed E-state index contributed by atoms with van der Waals surface area (Å²) in [5.74, 6) is 1.43. The van der Waals surface area contributed by atoms with Crippen LogP contribution in [0.5, 0.6) is 5.75 Å². The van der Waals surface area contributed by atoms with Gasteiger partial charge in [0.25, 0.3) is 0 Å². The third kappa shape index (κ3) is 2.15. The molecule has 0 unspecified atom stereocenters. The monoisotopic (exact) mass is 260 g/mol. The molecule has 2 aromatic heterocycles. The molecule has 0 spiro atoms. The van der Waals surface area contributed by atoms with Crippen LogP contribution in [0.25, 0.3) is 10.8 Å². The number of benzene rings is 1.